The molecule has 17 nitrogen and oxygen atoms in total. The third-order valence-corrected chi connectivity index (χ3v) is 25.7. The van der Waals surface area contributed by atoms with Crippen LogP contribution in [0.5, 0.6) is 0 Å². The number of benzene rings is 18. The highest BCUT2D eigenvalue weighted by atomic mass is 15.1. The minimum Gasteiger partial charge on any atom is -0.309 e. The predicted octanol–water partition coefficient (Wildman–Crippen LogP) is 34.3. The Balaban J connectivity index is 0.000000136. The van der Waals surface area contributed by atoms with E-state index in [2.05, 4.69) is 195 Å². The van der Waals surface area contributed by atoms with Crippen LogP contribution in [0.15, 0.2) is 425 Å². The number of nitrogens with zero attached hydrogens (tertiary/aromatic N) is 17. The highest BCUT2D eigenvalue weighted by Crippen LogP contribution is 2.45. The van der Waals surface area contributed by atoms with Crippen LogP contribution in [0.3, 0.4) is 0 Å². The molecule has 0 aliphatic heterocycles. The van der Waals surface area contributed by atoms with Crippen molar-refractivity contribution in [2.24, 2.45) is 0 Å². The standard InChI is InChI=1S/2C42H26N6.C41H27N5.3C2H6/c1-27-11-9-10-16-37(27)48-38-21-18-30(24-35(38)36-25-33(44-2)19-22-39(36)48)34-20-17-31(23-32(34)26-43)42-46-40(28-12-5-3-6-13-28)45-41(47-42)29-14-7-4-8-15-29;1-27-11-9-10-16-37(27)48-38-21-18-31(24-35(38)36-25-33(44-2)19-22-39(36)48)30-17-20-34(32(23-30)26-43)42-46-40(28-12-5-3-6-13-28)45-41(47-42)29-14-7-4-8-15-29;1-27-11-9-10-16-36(27)46-37-23-21-32(25-34(37)35-26-33(42-2)22-24-38(35)46)28-17-19-31(20-18-28)41-44-39(29-12-5-3-6-13-29)43-40(45-41)30-14-7-4-8-15-30;3*1-2/h2*3-25H,1H3;3-26H,1H3;3*1-2H3. The van der Waals surface area contributed by atoms with Gasteiger partial charge in [0.1, 0.15) is 0 Å². The van der Waals surface area contributed by atoms with Crippen LogP contribution in [0, 0.1) is 63.1 Å². The molecule has 0 N–H and O–H groups in total. The Morgan fingerprint density at radius 1 is 0.196 bits per heavy atom. The van der Waals surface area contributed by atoms with Crippen LogP contribution in [-0.4, -0.2) is 58.6 Å². The lowest BCUT2D eigenvalue weighted by Crippen LogP contribution is -2.01. The molecule has 0 aliphatic rings. The molecule has 24 aromatic rings. The fourth-order valence-corrected chi connectivity index (χ4v) is 18.6. The van der Waals surface area contributed by atoms with Crippen molar-refractivity contribution < 1.29 is 0 Å². The fourth-order valence-electron chi connectivity index (χ4n) is 18.6. The van der Waals surface area contributed by atoms with Crippen molar-refractivity contribution >= 4 is 82.5 Å². The minimum absolute atomic E-state index is 0.439. The molecular formula is C131H97N17. The molecular weight excluding hydrogens is 1810 g/mol. The van der Waals surface area contributed by atoms with Crippen molar-refractivity contribution in [3.63, 3.8) is 0 Å². The zero-order valence-electron chi connectivity index (χ0n) is 83.0. The molecule has 0 saturated heterocycles. The molecule has 18 aromatic carbocycles. The maximum Gasteiger partial charge on any atom is 0.188 e. The van der Waals surface area contributed by atoms with E-state index in [4.69, 9.17) is 64.6 Å². The predicted molar refractivity (Wildman–Crippen MR) is 604 cm³/mol. The van der Waals surface area contributed by atoms with Gasteiger partial charge in [0.15, 0.2) is 69.5 Å². The topological polar surface area (TPSA) is 191 Å². The second-order valence-corrected chi connectivity index (χ2v) is 34.4. The Bertz CT molecular complexity index is 9130. The van der Waals surface area contributed by atoms with Crippen LogP contribution in [0.4, 0.5) is 17.1 Å². The van der Waals surface area contributed by atoms with Gasteiger partial charge in [-0.15, -0.1) is 0 Å². The van der Waals surface area contributed by atoms with Gasteiger partial charge < -0.3 is 13.7 Å². The first-order chi connectivity index (χ1) is 72.9. The van der Waals surface area contributed by atoms with Crippen LogP contribution in [0.25, 0.3) is 233 Å². The lowest BCUT2D eigenvalue weighted by atomic mass is 9.96. The third-order valence-electron chi connectivity index (χ3n) is 25.7. The molecule has 0 amide bonds. The van der Waals surface area contributed by atoms with E-state index in [1.54, 1.807) is 0 Å². The summed E-state index contributed by atoms with van der Waals surface area (Å²) in [5, 5.41) is 27.0. The summed E-state index contributed by atoms with van der Waals surface area (Å²) in [5.41, 5.74) is 29.4. The minimum atomic E-state index is 0.439. The summed E-state index contributed by atoms with van der Waals surface area (Å²) in [7, 11) is 0. The number of hydrogen-bond donors (Lipinski definition) is 0. The fraction of sp³-hybridized carbons (Fsp3) is 0.0687. The first-order valence-corrected chi connectivity index (χ1v) is 49.2. The third kappa shape index (κ3) is 19.5. The summed E-state index contributed by atoms with van der Waals surface area (Å²) >= 11 is 0. The van der Waals surface area contributed by atoms with E-state index in [0.717, 1.165) is 171 Å². The molecule has 6 heterocycles. The quantitative estimate of drug-likeness (QED) is 0.0887. The maximum atomic E-state index is 10.4. The molecule has 24 rings (SSSR count). The first kappa shape index (κ1) is 96.7. The molecule has 0 fully saturated rings. The lowest BCUT2D eigenvalue weighted by Gasteiger charge is -2.12. The van der Waals surface area contributed by atoms with Crippen molar-refractivity contribution in [3.8, 4) is 165 Å². The molecule has 17 heteroatoms. The molecule has 0 saturated carbocycles. The summed E-state index contributed by atoms with van der Waals surface area (Å²) in [6.07, 6.45) is 0. The molecule has 0 spiro atoms. The average Bonchev–Trinajstić information content (AvgIpc) is 1.59. The van der Waals surface area contributed by atoms with Crippen molar-refractivity contribution in [1.29, 1.82) is 10.5 Å². The van der Waals surface area contributed by atoms with Gasteiger partial charge in [0, 0.05) is 83.3 Å². The van der Waals surface area contributed by atoms with Crippen molar-refractivity contribution in [3.05, 3.63) is 487 Å². The number of rotatable bonds is 15. The highest BCUT2D eigenvalue weighted by Gasteiger charge is 2.25. The summed E-state index contributed by atoms with van der Waals surface area (Å²) in [5.74, 6) is 5.06. The number of para-hydroxylation sites is 3. The maximum absolute atomic E-state index is 10.4. The van der Waals surface area contributed by atoms with Gasteiger partial charge in [-0.1, -0.05) is 357 Å². The van der Waals surface area contributed by atoms with Crippen molar-refractivity contribution in [1.82, 2.24) is 58.6 Å². The van der Waals surface area contributed by atoms with Crippen molar-refractivity contribution in [2.45, 2.75) is 62.3 Å². The lowest BCUT2D eigenvalue weighted by molar-refractivity contribution is 1.07. The largest absolute Gasteiger partial charge is 0.309 e. The Kier molecular flexibility index (Phi) is 28.7. The van der Waals surface area contributed by atoms with Crippen LogP contribution in [0.2, 0.25) is 0 Å². The van der Waals surface area contributed by atoms with E-state index in [9.17, 15) is 10.5 Å². The summed E-state index contributed by atoms with van der Waals surface area (Å²) in [4.78, 5) is 54.7. The Hall–Kier alpha value is -20.2. The van der Waals surface area contributed by atoms with Gasteiger partial charge in [0.05, 0.1) is 76.1 Å². The van der Waals surface area contributed by atoms with Gasteiger partial charge in [0.25, 0.3) is 0 Å². The summed E-state index contributed by atoms with van der Waals surface area (Å²) < 4.78 is 6.81. The second kappa shape index (κ2) is 43.9. The van der Waals surface area contributed by atoms with Gasteiger partial charge >= 0.3 is 0 Å². The van der Waals surface area contributed by atoms with E-state index in [1.807, 2.05) is 333 Å². The van der Waals surface area contributed by atoms with Gasteiger partial charge in [0.2, 0.25) is 0 Å². The Labute approximate surface area is 859 Å². The Morgan fingerprint density at radius 3 is 0.716 bits per heavy atom. The second-order valence-electron chi connectivity index (χ2n) is 34.4. The molecule has 6 aromatic heterocycles. The van der Waals surface area contributed by atoms with E-state index in [-0.39, 0.29) is 0 Å². The Morgan fingerprint density at radius 2 is 0.405 bits per heavy atom. The number of nitriles is 2. The molecule has 0 unspecified atom stereocenters. The number of aryl methyl sites for hydroxylation is 3. The van der Waals surface area contributed by atoms with Gasteiger partial charge in [-0.3, -0.25) is 0 Å². The van der Waals surface area contributed by atoms with E-state index in [0.29, 0.717) is 86.2 Å². The summed E-state index contributed by atoms with van der Waals surface area (Å²) in [6, 6.07) is 146. The SMILES string of the molecule is CC.CC.CC.[C-]#[N+]c1ccc2c(c1)c1cc(-c3ccc(-c4nc(-c5ccccc5)nc(-c5ccccc5)n4)c(C#N)c3)ccc1n2-c1ccccc1C.[C-]#[N+]c1ccc2c(c1)c1cc(-c3ccc(-c4nc(-c5ccccc5)nc(-c5ccccc5)n4)cc3)ccc1n2-c1ccccc1C.[C-]#[N+]c1ccc2c(c1)c1cc(-c3ccc(-c4nc(-c5ccccc5)nc(-c5ccccc5)n4)cc3C#N)ccc1n2-c1ccccc1C. The summed E-state index contributed by atoms with van der Waals surface area (Å²) in [6.45, 7) is 41.3. The van der Waals surface area contributed by atoms with Crippen LogP contribution in [0.1, 0.15) is 69.4 Å². The average molecular weight is 1910 g/mol. The molecule has 148 heavy (non-hydrogen) atoms. The van der Waals surface area contributed by atoms with Gasteiger partial charge in [-0.2, -0.15) is 10.5 Å². The van der Waals surface area contributed by atoms with Gasteiger partial charge in [-0.25, -0.2) is 59.4 Å². The van der Waals surface area contributed by atoms with E-state index < -0.39 is 0 Å². The zero-order chi connectivity index (χ0) is 102. The molecule has 0 atom stereocenters. The number of hydrogen-bond acceptors (Lipinski definition) is 11. The zero-order valence-corrected chi connectivity index (χ0v) is 83.0. The molecule has 706 valence electrons. The number of aromatic nitrogens is 12. The monoisotopic (exact) mass is 1910 g/mol. The molecule has 0 bridgehead atoms. The van der Waals surface area contributed by atoms with Crippen LogP contribution in [-0.2, 0) is 0 Å². The van der Waals surface area contributed by atoms with Gasteiger partial charge in [-0.05, 0) is 196 Å². The first-order valence-electron chi connectivity index (χ1n) is 49.2. The van der Waals surface area contributed by atoms with E-state index >= 15 is 0 Å². The van der Waals surface area contributed by atoms with Crippen LogP contribution >= 0.6 is 0 Å². The normalized spacial score (nSPS) is 10.7. The highest BCUT2D eigenvalue weighted by molar-refractivity contribution is 6.14. The van der Waals surface area contributed by atoms with Crippen LogP contribution < -0.4 is 0 Å². The molecule has 0 aliphatic carbocycles. The molecule has 0 radical (unpaired) electrons. The number of fused-ring (bicyclic) bond motifs is 9. The van der Waals surface area contributed by atoms with E-state index in [1.165, 1.54) is 5.56 Å². The smallest absolute Gasteiger partial charge is 0.188 e. The van der Waals surface area contributed by atoms with Crippen molar-refractivity contribution in [2.75, 3.05) is 0 Å².